The van der Waals surface area contributed by atoms with E-state index in [1.54, 1.807) is 0 Å². The van der Waals surface area contributed by atoms with Crippen LogP contribution in [0.4, 0.5) is 0 Å². The minimum absolute atomic E-state index is 0. The van der Waals surface area contributed by atoms with Crippen LogP contribution in [0.1, 0.15) is 18.4 Å². The van der Waals surface area contributed by atoms with Crippen molar-refractivity contribution in [1.29, 1.82) is 0 Å². The number of carbonyl (C=O) groups is 1. The zero-order chi connectivity index (χ0) is 18.2. The molecule has 1 atom stereocenters. The van der Waals surface area contributed by atoms with Crippen molar-refractivity contribution >= 4 is 18.4 Å². The standard InChI is InChI=1S/C22H27NO3.ClH/c24-22(25)20-10-6-13-23(17-20)14-16-26-15-12-19-9-4-5-11-21(19)18-7-2-1-3-8-18;/h1-5,7-9,11,20H,6,10,12-17H2,(H,24,25);1H. The third-order valence-corrected chi connectivity index (χ3v) is 5.02. The predicted molar refractivity (Wildman–Crippen MR) is 110 cm³/mol. The highest BCUT2D eigenvalue weighted by atomic mass is 35.5. The van der Waals surface area contributed by atoms with E-state index in [1.807, 2.05) is 6.07 Å². The van der Waals surface area contributed by atoms with Gasteiger partial charge in [-0.3, -0.25) is 4.79 Å². The average Bonchev–Trinajstić information content (AvgIpc) is 2.69. The number of piperidine rings is 1. The minimum atomic E-state index is -0.673. The molecule has 1 aliphatic heterocycles. The Kier molecular flexibility index (Phi) is 8.79. The lowest BCUT2D eigenvalue weighted by molar-refractivity contribution is -0.143. The maximum Gasteiger partial charge on any atom is 0.307 e. The van der Waals surface area contributed by atoms with Gasteiger partial charge in [0, 0.05) is 13.1 Å². The highest BCUT2D eigenvalue weighted by molar-refractivity contribution is 5.85. The number of carboxylic acid groups (broad SMARTS) is 1. The second-order valence-corrected chi connectivity index (χ2v) is 6.86. The van der Waals surface area contributed by atoms with E-state index in [9.17, 15) is 4.79 Å². The van der Waals surface area contributed by atoms with Crippen molar-refractivity contribution in [3.63, 3.8) is 0 Å². The van der Waals surface area contributed by atoms with E-state index in [-0.39, 0.29) is 18.3 Å². The van der Waals surface area contributed by atoms with Crippen LogP contribution in [0.5, 0.6) is 0 Å². The second kappa shape index (κ2) is 11.1. The van der Waals surface area contributed by atoms with Crippen molar-refractivity contribution in [3.8, 4) is 11.1 Å². The van der Waals surface area contributed by atoms with Crippen LogP contribution in [-0.4, -0.2) is 48.8 Å². The summed E-state index contributed by atoms with van der Waals surface area (Å²) in [4.78, 5) is 13.3. The molecule has 1 fully saturated rings. The fraction of sp³-hybridized carbons (Fsp3) is 0.409. The maximum absolute atomic E-state index is 11.1. The molecule has 2 aromatic carbocycles. The van der Waals surface area contributed by atoms with Crippen molar-refractivity contribution in [2.24, 2.45) is 5.92 Å². The van der Waals surface area contributed by atoms with Gasteiger partial charge < -0.3 is 14.7 Å². The number of hydrogen-bond donors (Lipinski definition) is 1. The van der Waals surface area contributed by atoms with Gasteiger partial charge in [0.2, 0.25) is 0 Å². The molecule has 1 heterocycles. The summed E-state index contributed by atoms with van der Waals surface area (Å²) in [6.45, 7) is 3.77. The molecule has 0 saturated carbocycles. The second-order valence-electron chi connectivity index (χ2n) is 6.86. The third kappa shape index (κ3) is 6.35. The molecule has 0 aliphatic carbocycles. The molecule has 1 N–H and O–H groups in total. The van der Waals surface area contributed by atoms with Gasteiger partial charge >= 0.3 is 5.97 Å². The number of halogens is 1. The van der Waals surface area contributed by atoms with E-state index in [0.717, 1.165) is 32.4 Å². The molecule has 1 saturated heterocycles. The Labute approximate surface area is 167 Å². The van der Waals surface area contributed by atoms with Gasteiger partial charge in [-0.05, 0) is 42.5 Å². The van der Waals surface area contributed by atoms with Gasteiger partial charge in [0.15, 0.2) is 0 Å². The quantitative estimate of drug-likeness (QED) is 0.689. The number of hydrogen-bond acceptors (Lipinski definition) is 3. The largest absolute Gasteiger partial charge is 0.481 e. The smallest absolute Gasteiger partial charge is 0.307 e. The van der Waals surface area contributed by atoms with Crippen LogP contribution in [-0.2, 0) is 16.0 Å². The van der Waals surface area contributed by atoms with E-state index in [0.29, 0.717) is 19.8 Å². The van der Waals surface area contributed by atoms with E-state index in [2.05, 4.69) is 53.4 Å². The highest BCUT2D eigenvalue weighted by Crippen LogP contribution is 2.23. The molecular weight excluding hydrogens is 362 g/mol. The number of benzene rings is 2. The summed E-state index contributed by atoms with van der Waals surface area (Å²) in [6.07, 6.45) is 2.63. The zero-order valence-electron chi connectivity index (χ0n) is 15.5. The van der Waals surface area contributed by atoms with Crippen molar-refractivity contribution < 1.29 is 14.6 Å². The van der Waals surface area contributed by atoms with Crippen molar-refractivity contribution in [2.75, 3.05) is 32.8 Å². The molecule has 4 nitrogen and oxygen atoms in total. The van der Waals surface area contributed by atoms with Crippen molar-refractivity contribution in [1.82, 2.24) is 4.90 Å². The number of carboxylic acids is 1. The molecule has 0 spiro atoms. The summed E-state index contributed by atoms with van der Waals surface area (Å²) >= 11 is 0. The minimum Gasteiger partial charge on any atom is -0.481 e. The van der Waals surface area contributed by atoms with Gasteiger partial charge in [-0.1, -0.05) is 54.6 Å². The summed E-state index contributed by atoms with van der Waals surface area (Å²) in [6, 6.07) is 18.9. The first-order valence-electron chi connectivity index (χ1n) is 9.40. The molecule has 146 valence electrons. The Hall–Kier alpha value is -1.88. The first-order chi connectivity index (χ1) is 12.7. The fourth-order valence-electron chi connectivity index (χ4n) is 3.58. The lowest BCUT2D eigenvalue weighted by Crippen LogP contribution is -2.40. The highest BCUT2D eigenvalue weighted by Gasteiger charge is 2.24. The Morgan fingerprint density at radius 3 is 2.59 bits per heavy atom. The Morgan fingerprint density at radius 1 is 1.07 bits per heavy atom. The predicted octanol–water partition coefficient (Wildman–Crippen LogP) is 4.13. The molecule has 2 aromatic rings. The first kappa shape index (κ1) is 21.4. The fourth-order valence-corrected chi connectivity index (χ4v) is 3.58. The van der Waals surface area contributed by atoms with Crippen LogP contribution in [0.3, 0.4) is 0 Å². The molecule has 1 aliphatic rings. The molecule has 0 bridgehead atoms. The van der Waals surface area contributed by atoms with Crippen LogP contribution in [0.15, 0.2) is 54.6 Å². The Morgan fingerprint density at radius 2 is 1.81 bits per heavy atom. The van der Waals surface area contributed by atoms with Gasteiger partial charge in [-0.15, -0.1) is 12.4 Å². The van der Waals surface area contributed by atoms with Crippen LogP contribution in [0.2, 0.25) is 0 Å². The van der Waals surface area contributed by atoms with E-state index < -0.39 is 5.97 Å². The molecule has 0 radical (unpaired) electrons. The van der Waals surface area contributed by atoms with Gasteiger partial charge in [0.1, 0.15) is 0 Å². The number of nitrogens with zero attached hydrogens (tertiary/aromatic N) is 1. The summed E-state index contributed by atoms with van der Waals surface area (Å²) in [5, 5.41) is 9.15. The van der Waals surface area contributed by atoms with Crippen LogP contribution in [0, 0.1) is 5.92 Å². The molecular formula is C22H28ClNO3. The van der Waals surface area contributed by atoms with E-state index in [1.165, 1.54) is 16.7 Å². The van der Waals surface area contributed by atoms with E-state index >= 15 is 0 Å². The monoisotopic (exact) mass is 389 g/mol. The molecule has 3 rings (SSSR count). The molecule has 0 aromatic heterocycles. The number of likely N-dealkylation sites (tertiary alicyclic amines) is 1. The van der Waals surface area contributed by atoms with Crippen molar-refractivity contribution in [3.05, 3.63) is 60.2 Å². The van der Waals surface area contributed by atoms with Gasteiger partial charge in [-0.25, -0.2) is 0 Å². The topological polar surface area (TPSA) is 49.8 Å². The van der Waals surface area contributed by atoms with Gasteiger partial charge in [-0.2, -0.15) is 0 Å². The van der Waals surface area contributed by atoms with Crippen LogP contribution < -0.4 is 0 Å². The molecule has 5 heteroatoms. The SMILES string of the molecule is Cl.O=C(O)C1CCCN(CCOCCc2ccccc2-c2ccccc2)C1. The van der Waals surface area contributed by atoms with Gasteiger partial charge in [0.05, 0.1) is 19.1 Å². The first-order valence-corrected chi connectivity index (χ1v) is 9.40. The zero-order valence-corrected chi connectivity index (χ0v) is 16.4. The lowest BCUT2D eigenvalue weighted by atomic mass is 9.98. The molecule has 0 amide bonds. The lowest BCUT2D eigenvalue weighted by Gasteiger charge is -2.30. The van der Waals surface area contributed by atoms with Crippen LogP contribution >= 0.6 is 12.4 Å². The normalized spacial score (nSPS) is 17.3. The summed E-state index contributed by atoms with van der Waals surface area (Å²) in [5.74, 6) is -0.894. The van der Waals surface area contributed by atoms with Crippen molar-refractivity contribution in [2.45, 2.75) is 19.3 Å². The molecule has 27 heavy (non-hydrogen) atoms. The average molecular weight is 390 g/mol. The molecule has 1 unspecified atom stereocenters. The van der Waals surface area contributed by atoms with Crippen LogP contribution in [0.25, 0.3) is 11.1 Å². The number of aliphatic carboxylic acids is 1. The summed E-state index contributed by atoms with van der Waals surface area (Å²) in [7, 11) is 0. The number of ether oxygens (including phenoxy) is 1. The number of rotatable bonds is 8. The summed E-state index contributed by atoms with van der Waals surface area (Å²) < 4.78 is 5.84. The Bertz CT molecular complexity index is 708. The third-order valence-electron chi connectivity index (χ3n) is 5.02. The van der Waals surface area contributed by atoms with E-state index in [4.69, 9.17) is 9.84 Å². The maximum atomic E-state index is 11.1. The Balaban J connectivity index is 0.00000261. The van der Waals surface area contributed by atoms with Gasteiger partial charge in [0.25, 0.3) is 0 Å². The summed E-state index contributed by atoms with van der Waals surface area (Å²) in [5.41, 5.74) is 3.79.